The zero-order chi connectivity index (χ0) is 10.2. The van der Waals surface area contributed by atoms with Crippen molar-refractivity contribution in [2.45, 2.75) is 69.6 Å². The van der Waals surface area contributed by atoms with Gasteiger partial charge in [-0.3, -0.25) is 0 Å². The van der Waals surface area contributed by atoms with Gasteiger partial charge in [-0.15, -0.1) is 0 Å². The molecular formula is C13H24Si. The summed E-state index contributed by atoms with van der Waals surface area (Å²) >= 11 is 0. The lowest BCUT2D eigenvalue weighted by Gasteiger charge is -2.28. The van der Waals surface area contributed by atoms with E-state index >= 15 is 0 Å². The SMILES string of the molecule is C[Si](C)(C)C1(C=C2CCCCC2)CC1. The quantitative estimate of drug-likeness (QED) is 0.454. The van der Waals surface area contributed by atoms with Gasteiger partial charge < -0.3 is 0 Å². The fraction of sp³-hybridized carbons (Fsp3) is 0.846. The van der Waals surface area contributed by atoms with E-state index in [2.05, 4.69) is 25.7 Å². The predicted octanol–water partition coefficient (Wildman–Crippen LogP) is 4.75. The maximum atomic E-state index is 2.72. The summed E-state index contributed by atoms with van der Waals surface area (Å²) < 4.78 is 0. The van der Waals surface area contributed by atoms with Crippen molar-refractivity contribution in [1.82, 2.24) is 0 Å². The van der Waals surface area contributed by atoms with Crippen molar-refractivity contribution in [3.63, 3.8) is 0 Å². The van der Waals surface area contributed by atoms with E-state index in [0.717, 1.165) is 5.04 Å². The van der Waals surface area contributed by atoms with Gasteiger partial charge in [-0.2, -0.15) is 0 Å². The smallest absolute Gasteiger partial charge is 0.0549 e. The van der Waals surface area contributed by atoms with Crippen LogP contribution in [0.5, 0.6) is 0 Å². The van der Waals surface area contributed by atoms with Gasteiger partial charge in [0.05, 0.1) is 8.07 Å². The van der Waals surface area contributed by atoms with Crippen LogP contribution in [0.2, 0.25) is 24.7 Å². The molecular weight excluding hydrogens is 184 g/mol. The van der Waals surface area contributed by atoms with Gasteiger partial charge in [0, 0.05) is 0 Å². The first kappa shape index (κ1) is 10.5. The van der Waals surface area contributed by atoms with E-state index in [1.807, 2.05) is 0 Å². The molecule has 2 fully saturated rings. The zero-order valence-corrected chi connectivity index (χ0v) is 11.0. The Hall–Kier alpha value is -0.0431. The fourth-order valence-electron chi connectivity index (χ4n) is 2.79. The first-order valence-electron chi connectivity index (χ1n) is 6.24. The van der Waals surface area contributed by atoms with Gasteiger partial charge in [0.2, 0.25) is 0 Å². The molecule has 14 heavy (non-hydrogen) atoms. The van der Waals surface area contributed by atoms with Crippen LogP contribution in [0.4, 0.5) is 0 Å². The largest absolute Gasteiger partial charge is 0.0818 e. The first-order valence-corrected chi connectivity index (χ1v) is 9.74. The molecule has 0 aromatic heterocycles. The van der Waals surface area contributed by atoms with E-state index in [4.69, 9.17) is 0 Å². The Bertz CT molecular complexity index is 232. The molecule has 2 saturated carbocycles. The van der Waals surface area contributed by atoms with Gasteiger partial charge in [0.1, 0.15) is 0 Å². The van der Waals surface area contributed by atoms with Crippen molar-refractivity contribution < 1.29 is 0 Å². The second-order valence-corrected chi connectivity index (χ2v) is 11.8. The van der Waals surface area contributed by atoms with Gasteiger partial charge in [-0.1, -0.05) is 37.7 Å². The Kier molecular flexibility index (Phi) is 2.63. The summed E-state index contributed by atoms with van der Waals surface area (Å²) in [5.74, 6) is 0. The van der Waals surface area contributed by atoms with Crippen LogP contribution in [0.3, 0.4) is 0 Å². The molecule has 0 aromatic rings. The monoisotopic (exact) mass is 208 g/mol. The highest BCUT2D eigenvalue weighted by atomic mass is 28.3. The minimum absolute atomic E-state index is 0.722. The summed E-state index contributed by atoms with van der Waals surface area (Å²) in [5.41, 5.74) is 1.80. The van der Waals surface area contributed by atoms with Gasteiger partial charge in [0.15, 0.2) is 0 Å². The molecule has 2 aliphatic carbocycles. The van der Waals surface area contributed by atoms with E-state index < -0.39 is 8.07 Å². The van der Waals surface area contributed by atoms with E-state index in [1.54, 1.807) is 5.57 Å². The van der Waals surface area contributed by atoms with Crippen molar-refractivity contribution >= 4 is 8.07 Å². The molecule has 0 bridgehead atoms. The second kappa shape index (κ2) is 3.51. The third-order valence-corrected chi connectivity index (χ3v) is 7.89. The molecule has 0 N–H and O–H groups in total. The Labute approximate surface area is 89.8 Å². The third-order valence-electron chi connectivity index (χ3n) is 4.26. The van der Waals surface area contributed by atoms with Gasteiger partial charge in [-0.25, -0.2) is 0 Å². The standard InChI is InChI=1S/C13H24Si/c1-14(2,3)13(9-10-13)11-12-7-5-4-6-8-12/h11H,4-10H2,1-3H3. The van der Waals surface area contributed by atoms with Crippen LogP contribution in [-0.2, 0) is 0 Å². The van der Waals surface area contributed by atoms with Crippen LogP contribution < -0.4 is 0 Å². The lowest BCUT2D eigenvalue weighted by Crippen LogP contribution is -2.28. The minimum Gasteiger partial charge on any atom is -0.0818 e. The summed E-state index contributed by atoms with van der Waals surface area (Å²) in [6, 6.07) is 0. The molecule has 2 aliphatic rings. The molecule has 0 nitrogen and oxygen atoms in total. The van der Waals surface area contributed by atoms with Crippen molar-refractivity contribution in [2.75, 3.05) is 0 Å². The predicted molar refractivity (Wildman–Crippen MR) is 66.4 cm³/mol. The normalized spacial score (nSPS) is 26.1. The molecule has 80 valence electrons. The topological polar surface area (TPSA) is 0 Å². The molecule has 0 atom stereocenters. The summed E-state index contributed by atoms with van der Waals surface area (Å²) in [5, 5.41) is 0.722. The molecule has 0 radical (unpaired) electrons. The summed E-state index contributed by atoms with van der Waals surface area (Å²) in [4.78, 5) is 0. The first-order chi connectivity index (χ1) is 6.54. The van der Waals surface area contributed by atoms with Crippen LogP contribution in [0, 0.1) is 0 Å². The second-order valence-electron chi connectivity index (χ2n) is 6.27. The number of allylic oxidation sites excluding steroid dienone is 2. The van der Waals surface area contributed by atoms with Crippen LogP contribution in [0.25, 0.3) is 0 Å². The van der Waals surface area contributed by atoms with Gasteiger partial charge in [-0.05, 0) is 43.6 Å². The van der Waals surface area contributed by atoms with Crippen LogP contribution >= 0.6 is 0 Å². The zero-order valence-electron chi connectivity index (χ0n) is 10.0. The summed E-state index contributed by atoms with van der Waals surface area (Å²) in [6.07, 6.45) is 12.9. The van der Waals surface area contributed by atoms with Crippen LogP contribution in [0.1, 0.15) is 44.9 Å². The number of hydrogen-bond donors (Lipinski definition) is 0. The van der Waals surface area contributed by atoms with Crippen LogP contribution in [-0.4, -0.2) is 8.07 Å². The van der Waals surface area contributed by atoms with Crippen molar-refractivity contribution in [1.29, 1.82) is 0 Å². The lowest BCUT2D eigenvalue weighted by molar-refractivity contribution is 0.595. The molecule has 0 aliphatic heterocycles. The average molecular weight is 208 g/mol. The molecule has 0 amide bonds. The molecule has 1 heteroatoms. The molecule has 2 rings (SSSR count). The van der Waals surface area contributed by atoms with Gasteiger partial charge in [0.25, 0.3) is 0 Å². The highest BCUT2D eigenvalue weighted by Gasteiger charge is 2.51. The lowest BCUT2D eigenvalue weighted by atomic mass is 9.94. The molecule has 0 unspecified atom stereocenters. The van der Waals surface area contributed by atoms with E-state index in [0.29, 0.717) is 0 Å². The van der Waals surface area contributed by atoms with Crippen molar-refractivity contribution in [3.8, 4) is 0 Å². The highest BCUT2D eigenvalue weighted by Crippen LogP contribution is 2.62. The number of hydrogen-bond acceptors (Lipinski definition) is 0. The summed E-state index contributed by atoms with van der Waals surface area (Å²) in [6.45, 7) is 7.62. The molecule has 0 spiro atoms. The minimum atomic E-state index is -0.934. The van der Waals surface area contributed by atoms with Crippen LogP contribution in [0.15, 0.2) is 11.6 Å². The van der Waals surface area contributed by atoms with Crippen molar-refractivity contribution in [3.05, 3.63) is 11.6 Å². The Morgan fingerprint density at radius 2 is 1.57 bits per heavy atom. The fourth-order valence-corrected chi connectivity index (χ4v) is 5.05. The Morgan fingerprint density at radius 1 is 1.00 bits per heavy atom. The number of rotatable bonds is 2. The van der Waals surface area contributed by atoms with Crippen molar-refractivity contribution in [2.24, 2.45) is 0 Å². The Balaban J connectivity index is 2.08. The highest BCUT2D eigenvalue weighted by molar-refractivity contribution is 6.80. The molecule has 0 saturated heterocycles. The maximum Gasteiger partial charge on any atom is 0.0549 e. The third kappa shape index (κ3) is 1.98. The maximum absolute atomic E-state index is 2.72. The van der Waals surface area contributed by atoms with Gasteiger partial charge >= 0.3 is 0 Å². The molecule has 0 aromatic carbocycles. The van der Waals surface area contributed by atoms with E-state index in [9.17, 15) is 0 Å². The molecule has 0 heterocycles. The van der Waals surface area contributed by atoms with E-state index in [-0.39, 0.29) is 0 Å². The average Bonchev–Trinajstić information content (AvgIpc) is 2.86. The van der Waals surface area contributed by atoms with E-state index in [1.165, 1.54) is 44.9 Å². The summed E-state index contributed by atoms with van der Waals surface area (Å²) in [7, 11) is -0.934. The Morgan fingerprint density at radius 3 is 2.00 bits per heavy atom.